The molecule has 0 aliphatic heterocycles. The predicted octanol–water partition coefficient (Wildman–Crippen LogP) is 0.237. The van der Waals surface area contributed by atoms with Gasteiger partial charge >= 0.3 is 0 Å². The first kappa shape index (κ1) is 8.59. The summed E-state index contributed by atoms with van der Waals surface area (Å²) >= 11 is 0. The van der Waals surface area contributed by atoms with E-state index in [9.17, 15) is 4.79 Å². The standard InChI is InChI=1S/C6H12O3/c1-8-5-6(9-2)3-4-7/h4,6H,3,5H2,1-2H3/t6-/m0/s1. The van der Waals surface area contributed by atoms with Crippen molar-refractivity contribution in [3.63, 3.8) is 0 Å². The first-order chi connectivity index (χ1) is 4.35. The minimum atomic E-state index is -0.0764. The van der Waals surface area contributed by atoms with E-state index in [-0.39, 0.29) is 6.10 Å². The molecule has 0 unspecified atom stereocenters. The second kappa shape index (κ2) is 5.72. The number of hydrogen-bond donors (Lipinski definition) is 0. The summed E-state index contributed by atoms with van der Waals surface area (Å²) in [6.07, 6.45) is 1.16. The van der Waals surface area contributed by atoms with Gasteiger partial charge in [-0.15, -0.1) is 0 Å². The Labute approximate surface area is 55.0 Å². The highest BCUT2D eigenvalue weighted by Gasteiger charge is 2.03. The average Bonchev–Trinajstić information content (AvgIpc) is 1.88. The summed E-state index contributed by atoms with van der Waals surface area (Å²) in [5.41, 5.74) is 0. The zero-order valence-electron chi connectivity index (χ0n) is 5.79. The molecule has 0 aromatic rings. The molecule has 0 radical (unpaired) electrons. The summed E-state index contributed by atoms with van der Waals surface area (Å²) in [5.74, 6) is 0. The Morgan fingerprint density at radius 2 is 2.22 bits per heavy atom. The number of aldehydes is 1. The number of ether oxygens (including phenoxy) is 2. The van der Waals surface area contributed by atoms with Crippen LogP contribution in [0, 0.1) is 0 Å². The maximum absolute atomic E-state index is 9.91. The first-order valence-electron chi connectivity index (χ1n) is 2.80. The Balaban J connectivity index is 3.28. The van der Waals surface area contributed by atoms with Crippen LogP contribution < -0.4 is 0 Å². The Morgan fingerprint density at radius 3 is 2.56 bits per heavy atom. The summed E-state index contributed by atoms with van der Waals surface area (Å²) in [6, 6.07) is 0. The van der Waals surface area contributed by atoms with E-state index < -0.39 is 0 Å². The fourth-order valence-corrected chi connectivity index (χ4v) is 0.526. The van der Waals surface area contributed by atoms with Crippen LogP contribution in [-0.4, -0.2) is 33.2 Å². The van der Waals surface area contributed by atoms with E-state index in [0.29, 0.717) is 13.0 Å². The maximum Gasteiger partial charge on any atom is 0.122 e. The molecule has 3 heteroatoms. The van der Waals surface area contributed by atoms with Crippen LogP contribution in [0.5, 0.6) is 0 Å². The third kappa shape index (κ3) is 4.12. The lowest BCUT2D eigenvalue weighted by atomic mass is 10.3. The molecular formula is C6H12O3. The third-order valence-electron chi connectivity index (χ3n) is 1.05. The van der Waals surface area contributed by atoms with Crippen LogP contribution in [0.25, 0.3) is 0 Å². The minimum Gasteiger partial charge on any atom is -0.382 e. The highest BCUT2D eigenvalue weighted by molar-refractivity contribution is 5.50. The van der Waals surface area contributed by atoms with Gasteiger partial charge < -0.3 is 14.3 Å². The number of methoxy groups -OCH3 is 2. The number of rotatable bonds is 5. The Hall–Kier alpha value is -0.410. The Morgan fingerprint density at radius 1 is 1.56 bits per heavy atom. The second-order valence-corrected chi connectivity index (χ2v) is 1.72. The van der Waals surface area contributed by atoms with Crippen molar-refractivity contribution in [1.29, 1.82) is 0 Å². The van der Waals surface area contributed by atoms with Crippen LogP contribution in [0.1, 0.15) is 6.42 Å². The average molecular weight is 132 g/mol. The van der Waals surface area contributed by atoms with Gasteiger partial charge in [-0.2, -0.15) is 0 Å². The summed E-state index contributed by atoms with van der Waals surface area (Å²) in [6.45, 7) is 0.481. The molecule has 0 N–H and O–H groups in total. The molecule has 0 aliphatic carbocycles. The van der Waals surface area contributed by atoms with Gasteiger partial charge in [0, 0.05) is 20.6 Å². The minimum absolute atomic E-state index is 0.0764. The molecule has 54 valence electrons. The van der Waals surface area contributed by atoms with Crippen LogP contribution in [-0.2, 0) is 14.3 Å². The molecule has 0 saturated heterocycles. The largest absolute Gasteiger partial charge is 0.382 e. The first-order valence-corrected chi connectivity index (χ1v) is 2.80. The van der Waals surface area contributed by atoms with Crippen molar-refractivity contribution in [2.45, 2.75) is 12.5 Å². The molecule has 0 rings (SSSR count). The Kier molecular flexibility index (Phi) is 5.46. The summed E-state index contributed by atoms with van der Waals surface area (Å²) < 4.78 is 9.64. The lowest BCUT2D eigenvalue weighted by Gasteiger charge is -2.09. The monoisotopic (exact) mass is 132 g/mol. The summed E-state index contributed by atoms with van der Waals surface area (Å²) in [5, 5.41) is 0. The highest BCUT2D eigenvalue weighted by Crippen LogP contribution is 1.93. The molecule has 0 aliphatic rings. The van der Waals surface area contributed by atoms with Crippen molar-refractivity contribution in [2.75, 3.05) is 20.8 Å². The van der Waals surface area contributed by atoms with Crippen molar-refractivity contribution in [2.24, 2.45) is 0 Å². The van der Waals surface area contributed by atoms with E-state index >= 15 is 0 Å². The summed E-state index contributed by atoms with van der Waals surface area (Å²) in [7, 11) is 3.14. The fourth-order valence-electron chi connectivity index (χ4n) is 0.526. The van der Waals surface area contributed by atoms with Crippen molar-refractivity contribution < 1.29 is 14.3 Å². The van der Waals surface area contributed by atoms with Gasteiger partial charge in [0.25, 0.3) is 0 Å². The third-order valence-corrected chi connectivity index (χ3v) is 1.05. The SMILES string of the molecule is COC[C@H](CC=O)OC. The molecule has 1 atom stereocenters. The van der Waals surface area contributed by atoms with Crippen molar-refractivity contribution in [3.8, 4) is 0 Å². The smallest absolute Gasteiger partial charge is 0.122 e. The zero-order valence-corrected chi connectivity index (χ0v) is 5.79. The van der Waals surface area contributed by atoms with E-state index in [1.165, 1.54) is 0 Å². The van der Waals surface area contributed by atoms with Crippen LogP contribution in [0.2, 0.25) is 0 Å². The van der Waals surface area contributed by atoms with Crippen LogP contribution in [0.15, 0.2) is 0 Å². The van der Waals surface area contributed by atoms with E-state index in [1.807, 2.05) is 0 Å². The molecule has 0 bridgehead atoms. The normalized spacial score (nSPS) is 13.1. The van der Waals surface area contributed by atoms with E-state index in [4.69, 9.17) is 9.47 Å². The molecule has 9 heavy (non-hydrogen) atoms. The predicted molar refractivity (Wildman–Crippen MR) is 33.4 cm³/mol. The maximum atomic E-state index is 9.91. The van der Waals surface area contributed by atoms with E-state index in [1.54, 1.807) is 14.2 Å². The lowest BCUT2D eigenvalue weighted by Crippen LogP contribution is -2.17. The molecule has 3 nitrogen and oxygen atoms in total. The molecule has 0 aromatic heterocycles. The van der Waals surface area contributed by atoms with E-state index in [0.717, 1.165) is 6.29 Å². The van der Waals surface area contributed by atoms with Crippen LogP contribution in [0.4, 0.5) is 0 Å². The molecule has 0 heterocycles. The van der Waals surface area contributed by atoms with Gasteiger partial charge in [-0.25, -0.2) is 0 Å². The molecule has 0 spiro atoms. The van der Waals surface area contributed by atoms with Crippen LogP contribution in [0.3, 0.4) is 0 Å². The summed E-state index contributed by atoms with van der Waals surface area (Å²) in [4.78, 5) is 9.91. The number of carbonyl (C=O) groups excluding carboxylic acids is 1. The number of hydrogen-bond acceptors (Lipinski definition) is 3. The van der Waals surface area contributed by atoms with Gasteiger partial charge in [-0.05, 0) is 0 Å². The van der Waals surface area contributed by atoms with Crippen molar-refractivity contribution in [1.82, 2.24) is 0 Å². The van der Waals surface area contributed by atoms with Gasteiger partial charge in [0.15, 0.2) is 0 Å². The molecule has 0 fully saturated rings. The van der Waals surface area contributed by atoms with Gasteiger partial charge in [0.05, 0.1) is 12.7 Å². The van der Waals surface area contributed by atoms with Crippen molar-refractivity contribution >= 4 is 6.29 Å². The topological polar surface area (TPSA) is 35.5 Å². The molecular weight excluding hydrogens is 120 g/mol. The molecule has 0 aromatic carbocycles. The number of carbonyl (C=O) groups is 1. The molecule has 0 amide bonds. The highest BCUT2D eigenvalue weighted by atomic mass is 16.5. The van der Waals surface area contributed by atoms with E-state index in [2.05, 4.69) is 0 Å². The second-order valence-electron chi connectivity index (χ2n) is 1.72. The lowest BCUT2D eigenvalue weighted by molar-refractivity contribution is -0.110. The van der Waals surface area contributed by atoms with Crippen LogP contribution >= 0.6 is 0 Å². The van der Waals surface area contributed by atoms with Gasteiger partial charge in [-0.1, -0.05) is 0 Å². The zero-order chi connectivity index (χ0) is 7.11. The van der Waals surface area contributed by atoms with Crippen molar-refractivity contribution in [3.05, 3.63) is 0 Å². The van der Waals surface area contributed by atoms with Gasteiger partial charge in [0.2, 0.25) is 0 Å². The molecule has 0 saturated carbocycles. The Bertz CT molecular complexity index is 72.7. The van der Waals surface area contributed by atoms with Gasteiger partial charge in [-0.3, -0.25) is 0 Å². The quantitative estimate of drug-likeness (QED) is 0.502. The fraction of sp³-hybridized carbons (Fsp3) is 0.833. The van der Waals surface area contributed by atoms with Gasteiger partial charge in [0.1, 0.15) is 6.29 Å².